The van der Waals surface area contributed by atoms with E-state index in [0.29, 0.717) is 11.5 Å². The van der Waals surface area contributed by atoms with E-state index in [2.05, 4.69) is 5.32 Å². The summed E-state index contributed by atoms with van der Waals surface area (Å²) in [7, 11) is 1.92. The molecule has 1 aromatic carbocycles. The first-order chi connectivity index (χ1) is 11.3. The summed E-state index contributed by atoms with van der Waals surface area (Å²) >= 11 is 0. The van der Waals surface area contributed by atoms with Gasteiger partial charge in [0.2, 0.25) is 5.91 Å². The monoisotopic (exact) mass is 342 g/mol. The third-order valence-electron chi connectivity index (χ3n) is 4.72. The van der Waals surface area contributed by atoms with Crippen molar-refractivity contribution in [2.45, 2.75) is 38.3 Å². The molecule has 0 bridgehead atoms. The van der Waals surface area contributed by atoms with Crippen molar-refractivity contribution >= 4 is 5.91 Å². The topological polar surface area (TPSA) is 32.3 Å². The van der Waals surface area contributed by atoms with Crippen molar-refractivity contribution in [2.24, 2.45) is 5.92 Å². The zero-order valence-electron chi connectivity index (χ0n) is 14.2. The van der Waals surface area contributed by atoms with Crippen LogP contribution >= 0.6 is 0 Å². The predicted octanol–water partition coefficient (Wildman–Crippen LogP) is 3.66. The van der Waals surface area contributed by atoms with Crippen LogP contribution in [0.3, 0.4) is 0 Å². The van der Waals surface area contributed by atoms with E-state index in [-0.39, 0.29) is 18.2 Å². The first-order valence-electron chi connectivity index (χ1n) is 8.40. The highest BCUT2D eigenvalue weighted by atomic mass is 19.4. The number of carbonyl (C=O) groups excluding carboxylic acids is 1. The van der Waals surface area contributed by atoms with Gasteiger partial charge in [0, 0.05) is 19.5 Å². The fraction of sp³-hybridized carbons (Fsp3) is 0.611. The van der Waals surface area contributed by atoms with Crippen LogP contribution in [0.2, 0.25) is 0 Å². The maximum Gasteiger partial charge on any atom is 0.416 e. The number of hydrogen-bond donors (Lipinski definition) is 1. The molecular weight excluding hydrogens is 317 g/mol. The van der Waals surface area contributed by atoms with Crippen molar-refractivity contribution in [3.8, 4) is 0 Å². The standard InChI is InChI=1S/C18H25F3N2O/c1-13(15-4-3-5-16(11-15)18(19,20)21)10-17(24)23-8-6-14(7-9-23)12-22-2/h3-5,11,13-14,22H,6-10,12H2,1-2H3. The van der Waals surface area contributed by atoms with Gasteiger partial charge >= 0.3 is 6.18 Å². The highest BCUT2D eigenvalue weighted by Gasteiger charge is 2.31. The maximum absolute atomic E-state index is 12.8. The van der Waals surface area contributed by atoms with Crippen LogP contribution < -0.4 is 5.32 Å². The Labute approximate surface area is 141 Å². The number of alkyl halides is 3. The molecule has 3 nitrogen and oxygen atoms in total. The minimum Gasteiger partial charge on any atom is -0.343 e. The van der Waals surface area contributed by atoms with E-state index in [4.69, 9.17) is 0 Å². The highest BCUT2D eigenvalue weighted by molar-refractivity contribution is 5.77. The Balaban J connectivity index is 1.93. The molecule has 2 rings (SSSR count). The number of hydrogen-bond acceptors (Lipinski definition) is 2. The zero-order chi connectivity index (χ0) is 17.7. The fourth-order valence-electron chi connectivity index (χ4n) is 3.21. The van der Waals surface area contributed by atoms with E-state index in [1.165, 1.54) is 6.07 Å². The van der Waals surface area contributed by atoms with Crippen LogP contribution in [0.15, 0.2) is 24.3 Å². The van der Waals surface area contributed by atoms with Gasteiger partial charge in [0.1, 0.15) is 0 Å². The summed E-state index contributed by atoms with van der Waals surface area (Å²) in [4.78, 5) is 14.3. The smallest absolute Gasteiger partial charge is 0.343 e. The molecular formula is C18H25F3N2O. The molecule has 0 radical (unpaired) electrons. The number of carbonyl (C=O) groups is 1. The van der Waals surface area contributed by atoms with Gasteiger partial charge in [-0.05, 0) is 49.9 Å². The quantitative estimate of drug-likeness (QED) is 0.886. The Kier molecular flexibility index (Phi) is 6.27. The lowest BCUT2D eigenvalue weighted by Gasteiger charge is -2.32. The van der Waals surface area contributed by atoms with Gasteiger partial charge in [0.25, 0.3) is 0 Å². The molecule has 0 saturated carbocycles. The summed E-state index contributed by atoms with van der Waals surface area (Å²) < 4.78 is 38.4. The van der Waals surface area contributed by atoms with Crippen molar-refractivity contribution in [3.05, 3.63) is 35.4 Å². The largest absolute Gasteiger partial charge is 0.416 e. The van der Waals surface area contributed by atoms with E-state index in [9.17, 15) is 18.0 Å². The van der Waals surface area contributed by atoms with Crippen LogP contribution in [0.5, 0.6) is 0 Å². The molecule has 134 valence electrons. The zero-order valence-corrected chi connectivity index (χ0v) is 14.2. The number of halogens is 3. The number of nitrogens with zero attached hydrogens (tertiary/aromatic N) is 1. The van der Waals surface area contributed by atoms with Gasteiger partial charge < -0.3 is 10.2 Å². The third-order valence-corrected chi connectivity index (χ3v) is 4.72. The normalized spacial score (nSPS) is 17.8. The number of piperidine rings is 1. The van der Waals surface area contributed by atoms with E-state index >= 15 is 0 Å². The Morgan fingerprint density at radius 1 is 1.33 bits per heavy atom. The molecule has 1 heterocycles. The lowest BCUT2D eigenvalue weighted by atomic mass is 9.93. The van der Waals surface area contributed by atoms with Gasteiger partial charge in [0.15, 0.2) is 0 Å². The maximum atomic E-state index is 12.8. The molecule has 1 aliphatic rings. The van der Waals surface area contributed by atoms with Crippen molar-refractivity contribution in [2.75, 3.05) is 26.7 Å². The molecule has 1 aliphatic heterocycles. The third kappa shape index (κ3) is 4.97. The van der Waals surface area contributed by atoms with Crippen LogP contribution in [-0.4, -0.2) is 37.5 Å². The molecule has 0 aromatic heterocycles. The summed E-state index contributed by atoms with van der Waals surface area (Å²) in [5.41, 5.74) is -0.101. The van der Waals surface area contributed by atoms with Gasteiger partial charge in [0.05, 0.1) is 5.56 Å². The lowest BCUT2D eigenvalue weighted by Crippen LogP contribution is -2.40. The Morgan fingerprint density at radius 2 is 2.00 bits per heavy atom. The molecule has 24 heavy (non-hydrogen) atoms. The molecule has 1 unspecified atom stereocenters. The van der Waals surface area contributed by atoms with Crippen LogP contribution in [0, 0.1) is 5.92 Å². The molecule has 1 amide bonds. The highest BCUT2D eigenvalue weighted by Crippen LogP contribution is 2.32. The molecule has 6 heteroatoms. The molecule has 1 saturated heterocycles. The van der Waals surface area contributed by atoms with Crippen LogP contribution in [0.1, 0.15) is 43.2 Å². The molecule has 1 atom stereocenters. The van der Waals surface area contributed by atoms with E-state index in [1.807, 2.05) is 11.9 Å². The Hall–Kier alpha value is -1.56. The van der Waals surface area contributed by atoms with Crippen molar-refractivity contribution in [1.29, 1.82) is 0 Å². The number of rotatable bonds is 5. The number of nitrogens with one attached hydrogen (secondary N) is 1. The second kappa shape index (κ2) is 8.01. The minimum absolute atomic E-state index is 0.0304. The number of likely N-dealkylation sites (tertiary alicyclic amines) is 1. The van der Waals surface area contributed by atoms with Gasteiger partial charge in [-0.3, -0.25) is 4.79 Å². The van der Waals surface area contributed by atoms with Gasteiger partial charge in [-0.1, -0.05) is 25.1 Å². The lowest BCUT2D eigenvalue weighted by molar-refractivity contribution is -0.137. The Bertz CT molecular complexity index is 551. The number of benzene rings is 1. The van der Waals surface area contributed by atoms with Crippen LogP contribution in [0.25, 0.3) is 0 Å². The van der Waals surface area contributed by atoms with Gasteiger partial charge in [-0.25, -0.2) is 0 Å². The summed E-state index contributed by atoms with van der Waals surface area (Å²) in [5, 5.41) is 3.16. The molecule has 1 fully saturated rings. The van der Waals surface area contributed by atoms with Crippen molar-refractivity contribution < 1.29 is 18.0 Å². The van der Waals surface area contributed by atoms with Crippen LogP contribution in [-0.2, 0) is 11.0 Å². The van der Waals surface area contributed by atoms with Crippen molar-refractivity contribution in [3.63, 3.8) is 0 Å². The van der Waals surface area contributed by atoms with Gasteiger partial charge in [-0.15, -0.1) is 0 Å². The first-order valence-corrected chi connectivity index (χ1v) is 8.40. The molecule has 1 aromatic rings. The van der Waals surface area contributed by atoms with E-state index in [1.54, 1.807) is 13.0 Å². The second-order valence-electron chi connectivity index (χ2n) is 6.61. The molecule has 0 aliphatic carbocycles. The predicted molar refractivity (Wildman–Crippen MR) is 87.7 cm³/mol. The number of amides is 1. The fourth-order valence-corrected chi connectivity index (χ4v) is 3.21. The van der Waals surface area contributed by atoms with E-state index < -0.39 is 11.7 Å². The van der Waals surface area contributed by atoms with Gasteiger partial charge in [-0.2, -0.15) is 13.2 Å². The summed E-state index contributed by atoms with van der Waals surface area (Å²) in [6, 6.07) is 5.27. The second-order valence-corrected chi connectivity index (χ2v) is 6.61. The SMILES string of the molecule is CNCC1CCN(C(=O)CC(C)c2cccc(C(F)(F)F)c2)CC1. The average Bonchev–Trinajstić information content (AvgIpc) is 2.55. The van der Waals surface area contributed by atoms with Crippen LogP contribution in [0.4, 0.5) is 13.2 Å². The minimum atomic E-state index is -4.35. The molecule has 0 spiro atoms. The van der Waals surface area contributed by atoms with Crippen molar-refractivity contribution in [1.82, 2.24) is 10.2 Å². The Morgan fingerprint density at radius 3 is 2.58 bits per heavy atom. The summed E-state index contributed by atoms with van der Waals surface area (Å²) in [6.45, 7) is 4.24. The molecule has 1 N–H and O–H groups in total. The average molecular weight is 342 g/mol. The first kappa shape index (κ1) is 18.8. The summed E-state index contributed by atoms with van der Waals surface area (Å²) in [5.74, 6) is 0.401. The summed E-state index contributed by atoms with van der Waals surface area (Å²) in [6.07, 6.45) is -2.15. The van der Waals surface area contributed by atoms with E-state index in [0.717, 1.165) is 44.6 Å².